The molecule has 0 bridgehead atoms. The van der Waals surface area contributed by atoms with Gasteiger partial charge in [-0.1, -0.05) is 12.0 Å². The van der Waals surface area contributed by atoms with Gasteiger partial charge in [-0.15, -0.1) is 6.42 Å². The highest BCUT2D eigenvalue weighted by atomic mass is 16.6. The zero-order valence-electron chi connectivity index (χ0n) is 11.7. The van der Waals surface area contributed by atoms with E-state index in [4.69, 9.17) is 11.2 Å². The lowest BCUT2D eigenvalue weighted by Crippen LogP contribution is -2.27. The highest BCUT2D eigenvalue weighted by Gasteiger charge is 2.17. The number of carbonyl (C=O) groups is 1. The Kier molecular flexibility index (Phi) is 4.44. The smallest absolute Gasteiger partial charge is 0.412 e. The first-order valence-corrected chi connectivity index (χ1v) is 6.02. The molecule has 1 aromatic carbocycles. The predicted molar refractivity (Wildman–Crippen MR) is 75.2 cm³/mol. The van der Waals surface area contributed by atoms with Crippen LogP contribution in [0.1, 0.15) is 39.2 Å². The van der Waals surface area contributed by atoms with E-state index in [1.165, 1.54) is 6.07 Å². The van der Waals surface area contributed by atoms with Crippen molar-refractivity contribution in [2.75, 3.05) is 5.32 Å². The number of hydrogen-bond donors (Lipinski definition) is 2. The van der Waals surface area contributed by atoms with Crippen LogP contribution in [0.25, 0.3) is 0 Å². The summed E-state index contributed by atoms with van der Waals surface area (Å²) in [6, 6.07) is 4.90. The molecule has 0 aliphatic heterocycles. The largest absolute Gasteiger partial charge is 0.506 e. The summed E-state index contributed by atoms with van der Waals surface area (Å²) in [5.74, 6) is 2.44. The third-order valence-electron chi connectivity index (χ3n) is 2.41. The van der Waals surface area contributed by atoms with Gasteiger partial charge in [-0.05, 0) is 45.4 Å². The molecular weight excluding hydrogens is 242 g/mol. The summed E-state index contributed by atoms with van der Waals surface area (Å²) < 4.78 is 5.10. The fourth-order valence-electron chi connectivity index (χ4n) is 1.43. The van der Waals surface area contributed by atoms with Gasteiger partial charge in [0.05, 0.1) is 5.69 Å². The highest BCUT2D eigenvalue weighted by molar-refractivity contribution is 5.86. The summed E-state index contributed by atoms with van der Waals surface area (Å²) in [5.41, 5.74) is 0.523. The van der Waals surface area contributed by atoms with Gasteiger partial charge in [-0.25, -0.2) is 4.79 Å². The van der Waals surface area contributed by atoms with Crippen molar-refractivity contribution in [2.24, 2.45) is 0 Å². The number of amides is 1. The van der Waals surface area contributed by atoms with Crippen LogP contribution in [0.4, 0.5) is 10.5 Å². The maximum absolute atomic E-state index is 11.6. The molecule has 0 radical (unpaired) electrons. The van der Waals surface area contributed by atoms with Crippen molar-refractivity contribution in [3.05, 3.63) is 23.8 Å². The standard InChI is InChI=1S/C15H19NO3/c1-6-10(2)11-7-8-12(13(17)9-11)16-14(18)19-15(3,4)5/h1,7-10,17H,2-5H3,(H,16,18). The first kappa shape index (κ1) is 14.9. The molecule has 0 saturated carbocycles. The van der Waals surface area contributed by atoms with Crippen LogP contribution >= 0.6 is 0 Å². The minimum absolute atomic E-state index is 0.0366. The van der Waals surface area contributed by atoms with Gasteiger partial charge in [0.2, 0.25) is 0 Å². The van der Waals surface area contributed by atoms with Crippen LogP contribution in [0.15, 0.2) is 18.2 Å². The Labute approximate surface area is 113 Å². The third-order valence-corrected chi connectivity index (χ3v) is 2.41. The van der Waals surface area contributed by atoms with E-state index in [1.54, 1.807) is 32.9 Å². The predicted octanol–water partition coefficient (Wildman–Crippen LogP) is 3.48. The van der Waals surface area contributed by atoms with Gasteiger partial charge in [0.25, 0.3) is 0 Å². The molecule has 4 heteroatoms. The highest BCUT2D eigenvalue weighted by Crippen LogP contribution is 2.28. The van der Waals surface area contributed by atoms with Gasteiger partial charge in [-0.3, -0.25) is 5.32 Å². The SMILES string of the molecule is C#CC(C)c1ccc(NC(=O)OC(C)(C)C)c(O)c1. The first-order valence-electron chi connectivity index (χ1n) is 6.02. The number of phenols is 1. The molecule has 1 unspecified atom stereocenters. The van der Waals surface area contributed by atoms with Crippen LogP contribution in [0.5, 0.6) is 5.75 Å². The molecule has 0 aliphatic rings. The third kappa shape index (κ3) is 4.55. The van der Waals surface area contributed by atoms with Crippen LogP contribution in [0, 0.1) is 12.3 Å². The number of ether oxygens (including phenoxy) is 1. The number of terminal acetylenes is 1. The molecule has 1 rings (SSSR count). The molecule has 102 valence electrons. The quantitative estimate of drug-likeness (QED) is 0.633. The number of benzene rings is 1. The Bertz CT molecular complexity index is 509. The van der Waals surface area contributed by atoms with Crippen molar-refractivity contribution >= 4 is 11.8 Å². The van der Waals surface area contributed by atoms with Gasteiger partial charge in [0.1, 0.15) is 11.4 Å². The number of phenolic OH excluding ortho intramolecular Hbond substituents is 1. The molecule has 1 aromatic rings. The monoisotopic (exact) mass is 261 g/mol. The number of rotatable bonds is 2. The molecule has 2 N–H and O–H groups in total. The fraction of sp³-hybridized carbons (Fsp3) is 0.400. The molecule has 4 nitrogen and oxygen atoms in total. The van der Waals surface area contributed by atoms with Crippen molar-refractivity contribution < 1.29 is 14.6 Å². The summed E-state index contributed by atoms with van der Waals surface area (Å²) in [6.07, 6.45) is 4.71. The molecule has 0 aliphatic carbocycles. The van der Waals surface area contributed by atoms with E-state index >= 15 is 0 Å². The number of carbonyl (C=O) groups excluding carboxylic acids is 1. The van der Waals surface area contributed by atoms with Crippen LogP contribution < -0.4 is 5.32 Å². The number of hydrogen-bond acceptors (Lipinski definition) is 3. The van der Waals surface area contributed by atoms with E-state index in [0.29, 0.717) is 5.69 Å². The Morgan fingerprint density at radius 3 is 2.58 bits per heavy atom. The van der Waals surface area contributed by atoms with Gasteiger partial charge in [0.15, 0.2) is 0 Å². The molecule has 0 saturated heterocycles. The van der Waals surface area contributed by atoms with Gasteiger partial charge < -0.3 is 9.84 Å². The summed E-state index contributed by atoms with van der Waals surface area (Å²) >= 11 is 0. The van der Waals surface area contributed by atoms with E-state index in [1.807, 2.05) is 6.92 Å². The van der Waals surface area contributed by atoms with Gasteiger partial charge in [-0.2, -0.15) is 0 Å². The van der Waals surface area contributed by atoms with Gasteiger partial charge >= 0.3 is 6.09 Å². The average Bonchev–Trinajstić information content (AvgIpc) is 2.28. The summed E-state index contributed by atoms with van der Waals surface area (Å²) in [5, 5.41) is 12.3. The van der Waals surface area contributed by atoms with Crippen molar-refractivity contribution in [1.29, 1.82) is 0 Å². The first-order chi connectivity index (χ1) is 8.73. The number of aromatic hydroxyl groups is 1. The van der Waals surface area contributed by atoms with E-state index in [9.17, 15) is 9.90 Å². The van der Waals surface area contributed by atoms with Crippen molar-refractivity contribution in [3.8, 4) is 18.1 Å². The van der Waals surface area contributed by atoms with E-state index in [2.05, 4.69) is 11.2 Å². The second-order valence-corrected chi connectivity index (χ2v) is 5.29. The molecular formula is C15H19NO3. The van der Waals surface area contributed by atoms with E-state index in [-0.39, 0.29) is 11.7 Å². The zero-order chi connectivity index (χ0) is 14.6. The summed E-state index contributed by atoms with van der Waals surface area (Å²) in [6.45, 7) is 7.16. The Morgan fingerprint density at radius 2 is 2.11 bits per heavy atom. The maximum Gasteiger partial charge on any atom is 0.412 e. The second kappa shape index (κ2) is 5.66. The Hall–Kier alpha value is -2.15. The molecule has 0 heterocycles. The minimum Gasteiger partial charge on any atom is -0.506 e. The average molecular weight is 261 g/mol. The van der Waals surface area contributed by atoms with Crippen molar-refractivity contribution in [3.63, 3.8) is 0 Å². The number of anilines is 1. The molecule has 0 spiro atoms. The Morgan fingerprint density at radius 1 is 1.47 bits per heavy atom. The molecule has 1 atom stereocenters. The van der Waals surface area contributed by atoms with E-state index in [0.717, 1.165) is 5.56 Å². The van der Waals surface area contributed by atoms with Crippen molar-refractivity contribution in [2.45, 2.75) is 39.2 Å². The topological polar surface area (TPSA) is 58.6 Å². The Balaban J connectivity index is 2.81. The summed E-state index contributed by atoms with van der Waals surface area (Å²) in [4.78, 5) is 11.6. The van der Waals surface area contributed by atoms with Gasteiger partial charge in [0, 0.05) is 5.92 Å². The molecule has 0 aromatic heterocycles. The lowest BCUT2D eigenvalue weighted by Gasteiger charge is -2.20. The number of nitrogens with one attached hydrogen (secondary N) is 1. The van der Waals surface area contributed by atoms with Crippen molar-refractivity contribution in [1.82, 2.24) is 0 Å². The summed E-state index contributed by atoms with van der Waals surface area (Å²) in [7, 11) is 0. The normalized spacial score (nSPS) is 12.4. The molecule has 0 fully saturated rings. The zero-order valence-corrected chi connectivity index (χ0v) is 11.7. The minimum atomic E-state index is -0.611. The lowest BCUT2D eigenvalue weighted by atomic mass is 10.0. The lowest BCUT2D eigenvalue weighted by molar-refractivity contribution is 0.0635. The van der Waals surface area contributed by atoms with Crippen LogP contribution in [0.3, 0.4) is 0 Å². The maximum atomic E-state index is 11.6. The van der Waals surface area contributed by atoms with Crippen LogP contribution in [-0.2, 0) is 4.74 Å². The molecule has 19 heavy (non-hydrogen) atoms. The van der Waals surface area contributed by atoms with Crippen LogP contribution in [0.2, 0.25) is 0 Å². The molecule has 1 amide bonds. The fourth-order valence-corrected chi connectivity index (χ4v) is 1.43. The van der Waals surface area contributed by atoms with Crippen LogP contribution in [-0.4, -0.2) is 16.8 Å². The van der Waals surface area contributed by atoms with E-state index < -0.39 is 11.7 Å². The second-order valence-electron chi connectivity index (χ2n) is 5.29.